The summed E-state index contributed by atoms with van der Waals surface area (Å²) in [6.45, 7) is 4.23. The fourth-order valence-corrected chi connectivity index (χ4v) is 1.92. The van der Waals surface area contributed by atoms with E-state index in [1.165, 1.54) is 0 Å². The summed E-state index contributed by atoms with van der Waals surface area (Å²) in [6, 6.07) is 9.67. The molecule has 4 nitrogen and oxygen atoms in total. The molecule has 0 radical (unpaired) electrons. The summed E-state index contributed by atoms with van der Waals surface area (Å²) in [5.74, 6) is 1.40. The number of hydrogen-bond donors (Lipinski definition) is 0. The average molecular weight is 253 g/mol. The van der Waals surface area contributed by atoms with Gasteiger partial charge in [-0.15, -0.1) is 0 Å². The number of rotatable bonds is 3. The zero-order valence-electron chi connectivity index (χ0n) is 11.2. The Balaban J connectivity index is 2.51. The lowest BCUT2D eigenvalue weighted by Crippen LogP contribution is -1.96. The van der Waals surface area contributed by atoms with Crippen molar-refractivity contribution in [2.45, 2.75) is 19.8 Å². The van der Waals surface area contributed by atoms with E-state index in [2.05, 4.69) is 23.8 Å². The normalized spacial score (nSPS) is 10.3. The number of nitriles is 1. The number of methoxy groups -OCH3 is 1. The molecular formula is C15H15N3O. The van der Waals surface area contributed by atoms with Crippen molar-refractivity contribution in [3.05, 3.63) is 41.9 Å². The van der Waals surface area contributed by atoms with Crippen molar-refractivity contribution >= 4 is 0 Å². The van der Waals surface area contributed by atoms with Crippen molar-refractivity contribution in [3.63, 3.8) is 0 Å². The van der Waals surface area contributed by atoms with Gasteiger partial charge in [0.25, 0.3) is 0 Å². The topological polar surface area (TPSA) is 58.8 Å². The maximum Gasteiger partial charge on any atom is 0.232 e. The molecule has 0 amide bonds. The maximum absolute atomic E-state index is 8.84. The molecule has 4 heteroatoms. The molecule has 0 atom stereocenters. The molecule has 1 aromatic heterocycles. The van der Waals surface area contributed by atoms with Gasteiger partial charge in [-0.2, -0.15) is 5.26 Å². The van der Waals surface area contributed by atoms with Crippen molar-refractivity contribution in [2.75, 3.05) is 7.11 Å². The molecule has 19 heavy (non-hydrogen) atoms. The second-order valence-corrected chi connectivity index (χ2v) is 4.49. The minimum Gasteiger partial charge on any atom is -0.496 e. The lowest BCUT2D eigenvalue weighted by molar-refractivity contribution is 0.407. The second-order valence-electron chi connectivity index (χ2n) is 4.49. The molecule has 0 saturated carbocycles. The summed E-state index contributed by atoms with van der Waals surface area (Å²) >= 11 is 0. The van der Waals surface area contributed by atoms with Gasteiger partial charge in [0.2, 0.25) is 5.82 Å². The van der Waals surface area contributed by atoms with Gasteiger partial charge in [0.1, 0.15) is 11.8 Å². The Morgan fingerprint density at radius 1 is 1.26 bits per heavy atom. The first-order valence-corrected chi connectivity index (χ1v) is 6.07. The molecule has 96 valence electrons. The molecule has 2 aromatic rings. The van der Waals surface area contributed by atoms with E-state index in [1.54, 1.807) is 19.4 Å². The van der Waals surface area contributed by atoms with E-state index in [-0.39, 0.29) is 5.82 Å². The van der Waals surface area contributed by atoms with Crippen LogP contribution in [0.5, 0.6) is 5.75 Å². The lowest BCUT2D eigenvalue weighted by Gasteiger charge is -2.13. The minimum atomic E-state index is 0.180. The summed E-state index contributed by atoms with van der Waals surface area (Å²) in [6.07, 6.45) is 1.60. The van der Waals surface area contributed by atoms with Crippen LogP contribution in [0.2, 0.25) is 0 Å². The van der Waals surface area contributed by atoms with Crippen molar-refractivity contribution < 1.29 is 4.74 Å². The molecule has 0 saturated heterocycles. The van der Waals surface area contributed by atoms with Crippen molar-refractivity contribution in [3.8, 4) is 23.1 Å². The van der Waals surface area contributed by atoms with Crippen molar-refractivity contribution in [1.82, 2.24) is 9.97 Å². The van der Waals surface area contributed by atoms with E-state index < -0.39 is 0 Å². The van der Waals surface area contributed by atoms with Crippen molar-refractivity contribution in [2.24, 2.45) is 0 Å². The molecule has 0 spiro atoms. The van der Waals surface area contributed by atoms with Crippen molar-refractivity contribution in [1.29, 1.82) is 5.26 Å². The number of aromatic nitrogens is 2. The number of nitrogens with zero attached hydrogens (tertiary/aromatic N) is 3. The summed E-state index contributed by atoms with van der Waals surface area (Å²) in [5.41, 5.74) is 2.83. The monoisotopic (exact) mass is 253 g/mol. The first-order chi connectivity index (χ1) is 9.15. The van der Waals surface area contributed by atoms with E-state index in [1.807, 2.05) is 24.3 Å². The molecule has 0 unspecified atom stereocenters. The molecule has 2 rings (SSSR count). The fourth-order valence-electron chi connectivity index (χ4n) is 1.92. The Kier molecular flexibility index (Phi) is 3.76. The predicted molar refractivity (Wildman–Crippen MR) is 72.8 cm³/mol. The highest BCUT2D eigenvalue weighted by Gasteiger charge is 2.10. The maximum atomic E-state index is 8.84. The van der Waals surface area contributed by atoms with Crippen LogP contribution in [0, 0.1) is 11.3 Å². The van der Waals surface area contributed by atoms with Crippen LogP contribution >= 0.6 is 0 Å². The summed E-state index contributed by atoms with van der Waals surface area (Å²) < 4.78 is 5.36. The SMILES string of the molecule is COc1ccc(-c2ccnc(C#N)n2)cc1C(C)C. The zero-order chi connectivity index (χ0) is 13.8. The molecule has 0 N–H and O–H groups in total. The first-order valence-electron chi connectivity index (χ1n) is 6.07. The highest BCUT2D eigenvalue weighted by Crippen LogP contribution is 2.30. The molecule has 0 aliphatic rings. The van der Waals surface area contributed by atoms with Gasteiger partial charge < -0.3 is 4.74 Å². The van der Waals surface area contributed by atoms with Gasteiger partial charge >= 0.3 is 0 Å². The van der Waals surface area contributed by atoms with E-state index in [4.69, 9.17) is 10.00 Å². The Morgan fingerprint density at radius 2 is 2.05 bits per heavy atom. The van der Waals surface area contributed by atoms with E-state index in [9.17, 15) is 0 Å². The largest absolute Gasteiger partial charge is 0.496 e. The van der Waals surface area contributed by atoms with Gasteiger partial charge in [-0.05, 0) is 35.7 Å². The van der Waals surface area contributed by atoms with Gasteiger partial charge in [0, 0.05) is 11.8 Å². The Bertz CT molecular complexity index is 630. The quantitative estimate of drug-likeness (QED) is 0.843. The molecule has 1 heterocycles. The van der Waals surface area contributed by atoms with E-state index >= 15 is 0 Å². The minimum absolute atomic E-state index is 0.180. The van der Waals surface area contributed by atoms with Gasteiger partial charge in [-0.1, -0.05) is 13.8 Å². The molecule has 0 aliphatic heterocycles. The van der Waals surface area contributed by atoms with Crippen LogP contribution in [0.25, 0.3) is 11.3 Å². The van der Waals surface area contributed by atoms with Gasteiger partial charge in [-0.25, -0.2) is 9.97 Å². The van der Waals surface area contributed by atoms with Gasteiger partial charge in [0.05, 0.1) is 12.8 Å². The standard InChI is InChI=1S/C15H15N3O/c1-10(2)12-8-11(4-5-14(12)19-3)13-6-7-17-15(9-16)18-13/h4-8,10H,1-3H3. The third-order valence-corrected chi connectivity index (χ3v) is 2.90. The van der Waals surface area contributed by atoms with Crippen LogP contribution in [0.1, 0.15) is 31.2 Å². The number of benzene rings is 1. The molecule has 0 bridgehead atoms. The molecule has 0 aliphatic carbocycles. The van der Waals surface area contributed by atoms with Crippen LogP contribution in [-0.4, -0.2) is 17.1 Å². The molecule has 0 fully saturated rings. The summed E-state index contributed by atoms with van der Waals surface area (Å²) in [4.78, 5) is 8.08. The summed E-state index contributed by atoms with van der Waals surface area (Å²) in [7, 11) is 1.67. The number of hydrogen-bond acceptors (Lipinski definition) is 4. The predicted octanol–water partition coefficient (Wildman–Crippen LogP) is 3.15. The fraction of sp³-hybridized carbons (Fsp3) is 0.267. The van der Waals surface area contributed by atoms with Crippen LogP contribution in [0.3, 0.4) is 0 Å². The van der Waals surface area contributed by atoms with E-state index in [0.717, 1.165) is 22.6 Å². The first kappa shape index (κ1) is 13.0. The Labute approximate surface area is 112 Å². The smallest absolute Gasteiger partial charge is 0.232 e. The average Bonchev–Trinajstić information content (AvgIpc) is 2.46. The van der Waals surface area contributed by atoms with Crippen LogP contribution in [0.15, 0.2) is 30.5 Å². The molecule has 1 aromatic carbocycles. The third kappa shape index (κ3) is 2.71. The lowest BCUT2D eigenvalue weighted by atomic mass is 9.98. The third-order valence-electron chi connectivity index (χ3n) is 2.90. The van der Waals surface area contributed by atoms with Crippen LogP contribution < -0.4 is 4.74 Å². The van der Waals surface area contributed by atoms with E-state index in [0.29, 0.717) is 5.92 Å². The Hall–Kier alpha value is -2.41. The molecular weight excluding hydrogens is 238 g/mol. The van der Waals surface area contributed by atoms with Crippen LogP contribution in [-0.2, 0) is 0 Å². The van der Waals surface area contributed by atoms with Gasteiger partial charge in [-0.3, -0.25) is 0 Å². The second kappa shape index (κ2) is 5.49. The number of ether oxygens (including phenoxy) is 1. The van der Waals surface area contributed by atoms with Crippen LogP contribution in [0.4, 0.5) is 0 Å². The summed E-state index contributed by atoms with van der Waals surface area (Å²) in [5, 5.41) is 8.84. The zero-order valence-corrected chi connectivity index (χ0v) is 11.2. The Morgan fingerprint density at radius 3 is 2.68 bits per heavy atom. The highest BCUT2D eigenvalue weighted by molar-refractivity contribution is 5.62. The van der Waals surface area contributed by atoms with Gasteiger partial charge in [0.15, 0.2) is 0 Å². The highest BCUT2D eigenvalue weighted by atomic mass is 16.5.